The fraction of sp³-hybridized carbons (Fsp3) is 0.333. The van der Waals surface area contributed by atoms with Gasteiger partial charge in [0.2, 0.25) is 0 Å². The molecule has 0 spiro atoms. The van der Waals surface area contributed by atoms with Crippen LogP contribution in [0.15, 0.2) is 87.5 Å². The molecule has 0 bridgehead atoms. The summed E-state index contributed by atoms with van der Waals surface area (Å²) < 4.78 is 0. The fourth-order valence-electron chi connectivity index (χ4n) is 3.35. The highest BCUT2D eigenvalue weighted by atomic mass is 32.2. The smallest absolute Gasteiger partial charge is 0.00811 e. The summed E-state index contributed by atoms with van der Waals surface area (Å²) in [5.74, 6) is 0. The molecule has 0 aliphatic heterocycles. The zero-order valence-electron chi connectivity index (χ0n) is 19.3. The second-order valence-corrected chi connectivity index (χ2v) is 15.5. The average Bonchev–Trinajstić information content (AvgIpc) is 2.68. The second-order valence-electron chi connectivity index (χ2n) is 8.33. The SMILES string of the molecule is CC(C)Sc1cccc(P(c2cccc(SC(C)C)c2)c2cccc(SC(C)C)c2)c1. The van der Waals surface area contributed by atoms with E-state index >= 15 is 0 Å². The summed E-state index contributed by atoms with van der Waals surface area (Å²) >= 11 is 5.84. The molecule has 4 heteroatoms. The van der Waals surface area contributed by atoms with Gasteiger partial charge in [-0.3, -0.25) is 0 Å². The van der Waals surface area contributed by atoms with E-state index in [-0.39, 0.29) is 0 Å². The summed E-state index contributed by atoms with van der Waals surface area (Å²) in [6, 6.07) is 27.6. The Morgan fingerprint density at radius 3 is 1.03 bits per heavy atom. The number of thioether (sulfide) groups is 3. The third-order valence-electron chi connectivity index (χ3n) is 4.34. The molecule has 0 N–H and O–H groups in total. The minimum absolute atomic E-state index is 0.581. The molecule has 0 aliphatic carbocycles. The number of hydrogen-bond donors (Lipinski definition) is 0. The molecule has 0 aromatic heterocycles. The maximum atomic E-state index is 2.42. The zero-order valence-corrected chi connectivity index (χ0v) is 22.7. The monoisotopic (exact) mass is 484 g/mol. The number of rotatable bonds is 9. The van der Waals surface area contributed by atoms with Crippen molar-refractivity contribution in [2.45, 2.75) is 72.0 Å². The Kier molecular flexibility index (Phi) is 9.47. The lowest BCUT2D eigenvalue weighted by atomic mass is 10.3. The Morgan fingerprint density at radius 1 is 0.484 bits per heavy atom. The van der Waals surface area contributed by atoms with Crippen LogP contribution in [0.5, 0.6) is 0 Å². The van der Waals surface area contributed by atoms with Gasteiger partial charge in [0.15, 0.2) is 0 Å². The summed E-state index contributed by atoms with van der Waals surface area (Å²) in [6.45, 7) is 13.6. The fourth-order valence-corrected chi connectivity index (χ4v) is 8.71. The first-order chi connectivity index (χ1) is 14.8. The first-order valence-electron chi connectivity index (χ1n) is 10.9. The molecule has 0 saturated heterocycles. The quantitative estimate of drug-likeness (QED) is 0.223. The lowest BCUT2D eigenvalue weighted by molar-refractivity contribution is 1.11. The normalized spacial score (nSPS) is 11.8. The van der Waals surface area contributed by atoms with Crippen LogP contribution in [0.1, 0.15) is 41.5 Å². The summed E-state index contributed by atoms with van der Waals surface area (Å²) in [7, 11) is -0.610. The largest absolute Gasteiger partial charge is 0.123 e. The molecule has 0 saturated carbocycles. The molecule has 0 heterocycles. The molecular weight excluding hydrogens is 451 g/mol. The maximum Gasteiger partial charge on any atom is 0.00811 e. The minimum Gasteiger partial charge on any atom is -0.123 e. The van der Waals surface area contributed by atoms with Crippen LogP contribution in [0.25, 0.3) is 0 Å². The molecule has 0 radical (unpaired) electrons. The first-order valence-corrected chi connectivity index (χ1v) is 14.9. The van der Waals surface area contributed by atoms with E-state index in [0.717, 1.165) is 0 Å². The summed E-state index contributed by atoms with van der Waals surface area (Å²) in [5.41, 5.74) is 0. The van der Waals surface area contributed by atoms with Gasteiger partial charge >= 0.3 is 0 Å². The van der Waals surface area contributed by atoms with Crippen molar-refractivity contribution >= 4 is 59.1 Å². The van der Waals surface area contributed by atoms with Crippen LogP contribution in [-0.4, -0.2) is 15.7 Å². The number of benzene rings is 3. The summed E-state index contributed by atoms with van der Waals surface area (Å²) in [5, 5.41) is 6.03. The van der Waals surface area contributed by atoms with Gasteiger partial charge < -0.3 is 0 Å². The predicted molar refractivity (Wildman–Crippen MR) is 148 cm³/mol. The molecule has 0 nitrogen and oxygen atoms in total. The third-order valence-corrected chi connectivity index (χ3v) is 9.72. The van der Waals surface area contributed by atoms with Crippen molar-refractivity contribution in [3.63, 3.8) is 0 Å². The Labute approximate surface area is 203 Å². The first kappa shape index (κ1) is 24.8. The van der Waals surface area contributed by atoms with Gasteiger partial charge in [0, 0.05) is 30.4 Å². The second kappa shape index (κ2) is 11.8. The Balaban J connectivity index is 2.09. The van der Waals surface area contributed by atoms with E-state index < -0.39 is 7.92 Å². The van der Waals surface area contributed by atoms with Crippen molar-refractivity contribution in [2.24, 2.45) is 0 Å². The van der Waals surface area contributed by atoms with Gasteiger partial charge in [-0.2, -0.15) is 0 Å². The van der Waals surface area contributed by atoms with Crippen LogP contribution in [0, 0.1) is 0 Å². The van der Waals surface area contributed by atoms with Gasteiger partial charge in [0.25, 0.3) is 0 Å². The van der Waals surface area contributed by atoms with Gasteiger partial charge in [0.05, 0.1) is 0 Å². The van der Waals surface area contributed by atoms with E-state index in [1.54, 1.807) is 0 Å². The molecular formula is C27H33PS3. The van der Waals surface area contributed by atoms with E-state index in [1.807, 2.05) is 35.3 Å². The molecule has 3 aromatic carbocycles. The van der Waals surface area contributed by atoms with E-state index in [2.05, 4.69) is 114 Å². The van der Waals surface area contributed by atoms with Crippen LogP contribution in [-0.2, 0) is 0 Å². The molecule has 3 aromatic rings. The molecule has 0 unspecified atom stereocenters. The van der Waals surface area contributed by atoms with Crippen LogP contribution in [0.3, 0.4) is 0 Å². The van der Waals surface area contributed by atoms with E-state index in [1.165, 1.54) is 30.6 Å². The van der Waals surface area contributed by atoms with Crippen LogP contribution in [0.4, 0.5) is 0 Å². The molecule has 0 aliphatic rings. The minimum atomic E-state index is -0.610. The Morgan fingerprint density at radius 2 is 0.774 bits per heavy atom. The zero-order chi connectivity index (χ0) is 22.4. The van der Waals surface area contributed by atoms with Crippen molar-refractivity contribution in [3.8, 4) is 0 Å². The number of hydrogen-bond acceptors (Lipinski definition) is 3. The third kappa shape index (κ3) is 7.60. The van der Waals surface area contributed by atoms with Gasteiger partial charge in [-0.25, -0.2) is 0 Å². The Hall–Kier alpha value is -0.860. The van der Waals surface area contributed by atoms with Gasteiger partial charge in [0.1, 0.15) is 0 Å². The molecule has 164 valence electrons. The standard InChI is InChI=1S/C27H33PS3/c1-19(2)29-25-13-7-10-22(16-25)28(23-11-8-14-26(17-23)30-20(3)4)24-12-9-15-27(18-24)31-21(5)6/h7-21H,1-6H3. The highest BCUT2D eigenvalue weighted by Crippen LogP contribution is 2.37. The van der Waals surface area contributed by atoms with Gasteiger partial charge in [-0.15, -0.1) is 35.3 Å². The molecule has 0 amide bonds. The summed E-state index contributed by atoms with van der Waals surface area (Å²) in [6.07, 6.45) is 0. The lowest BCUT2D eigenvalue weighted by Crippen LogP contribution is -2.21. The molecule has 0 fully saturated rings. The van der Waals surface area contributed by atoms with Crippen molar-refractivity contribution in [2.75, 3.05) is 0 Å². The molecule has 0 atom stereocenters. The van der Waals surface area contributed by atoms with Crippen LogP contribution < -0.4 is 15.9 Å². The van der Waals surface area contributed by atoms with Crippen molar-refractivity contribution in [1.82, 2.24) is 0 Å². The highest BCUT2D eigenvalue weighted by Gasteiger charge is 2.19. The van der Waals surface area contributed by atoms with Crippen molar-refractivity contribution in [1.29, 1.82) is 0 Å². The predicted octanol–water partition coefficient (Wildman–Crippen LogP) is 7.95. The topological polar surface area (TPSA) is 0 Å². The lowest BCUT2D eigenvalue weighted by Gasteiger charge is -2.22. The highest BCUT2D eigenvalue weighted by molar-refractivity contribution is 8.00. The molecule has 3 rings (SSSR count). The van der Waals surface area contributed by atoms with Crippen LogP contribution >= 0.6 is 43.2 Å². The molecule has 31 heavy (non-hydrogen) atoms. The average molecular weight is 485 g/mol. The van der Waals surface area contributed by atoms with E-state index in [9.17, 15) is 0 Å². The van der Waals surface area contributed by atoms with Gasteiger partial charge in [-0.05, 0) is 60.2 Å². The maximum absolute atomic E-state index is 2.42. The summed E-state index contributed by atoms with van der Waals surface area (Å²) in [4.78, 5) is 4.08. The van der Waals surface area contributed by atoms with E-state index in [4.69, 9.17) is 0 Å². The van der Waals surface area contributed by atoms with Gasteiger partial charge in [-0.1, -0.05) is 77.9 Å². The Bertz CT molecular complexity index is 854. The van der Waals surface area contributed by atoms with Crippen molar-refractivity contribution in [3.05, 3.63) is 72.8 Å². The van der Waals surface area contributed by atoms with Crippen LogP contribution in [0.2, 0.25) is 0 Å². The van der Waals surface area contributed by atoms with E-state index in [0.29, 0.717) is 15.7 Å². The van der Waals surface area contributed by atoms with Crippen molar-refractivity contribution < 1.29 is 0 Å².